The van der Waals surface area contributed by atoms with E-state index in [2.05, 4.69) is 69.9 Å². The maximum Gasteiger partial charge on any atom is 0.385 e. The smallest absolute Gasteiger partial charge is 0.385 e. The number of ether oxygens (including phenoxy) is 1. The van der Waals surface area contributed by atoms with E-state index in [9.17, 15) is 4.79 Å². The van der Waals surface area contributed by atoms with Crippen molar-refractivity contribution in [3.63, 3.8) is 0 Å². The molecule has 1 N–H and O–H groups in total. The number of esters is 1. The lowest BCUT2D eigenvalue weighted by atomic mass is 10.5. The Hall–Kier alpha value is -3.21. The molecule has 0 aliphatic rings. The van der Waals surface area contributed by atoms with E-state index in [-0.39, 0.29) is 13.2 Å². The van der Waals surface area contributed by atoms with Crippen molar-refractivity contribution in [2.24, 2.45) is 0 Å². The minimum atomic E-state index is -0.754. The molecule has 84 valence electrons. The molecule has 0 aliphatic carbocycles. The topological polar surface area (TPSA) is 46.5 Å². The molecular weight excluding hydrogens is 228 g/mol. The predicted molar refractivity (Wildman–Crippen MR) is 65.8 cm³/mol. The van der Waals surface area contributed by atoms with Crippen LogP contribution in [0.5, 0.6) is 0 Å². The first-order chi connectivity index (χ1) is 8.81. The Morgan fingerprint density at radius 2 is 1.44 bits per heavy atom. The quantitative estimate of drug-likeness (QED) is 0.385. The van der Waals surface area contributed by atoms with Gasteiger partial charge in [0, 0.05) is 5.92 Å². The van der Waals surface area contributed by atoms with E-state index in [0.29, 0.717) is 0 Å². The van der Waals surface area contributed by atoms with E-state index >= 15 is 0 Å². The summed E-state index contributed by atoms with van der Waals surface area (Å²) in [6.45, 7) is -0.332. The third-order valence-electron chi connectivity index (χ3n) is 1.06. The van der Waals surface area contributed by atoms with Crippen molar-refractivity contribution in [2.75, 3.05) is 13.2 Å². The maximum atomic E-state index is 10.8. The van der Waals surface area contributed by atoms with Gasteiger partial charge in [0.2, 0.25) is 0 Å². The number of aliphatic hydroxyl groups excluding tert-OH is 1. The molecule has 0 amide bonds. The zero-order valence-electron chi connectivity index (χ0n) is 9.26. The third kappa shape index (κ3) is 10.9. The van der Waals surface area contributed by atoms with Crippen LogP contribution < -0.4 is 0 Å². The van der Waals surface area contributed by atoms with Crippen LogP contribution in [0.3, 0.4) is 0 Å². The summed E-state index contributed by atoms with van der Waals surface area (Å²) in [7, 11) is 0. The van der Waals surface area contributed by atoms with Gasteiger partial charge in [0.1, 0.15) is 6.61 Å². The maximum absolute atomic E-state index is 10.8. The van der Waals surface area contributed by atoms with Crippen molar-refractivity contribution >= 4 is 5.97 Å². The molecule has 0 atom stereocenters. The van der Waals surface area contributed by atoms with E-state index in [1.54, 1.807) is 0 Å². The third-order valence-corrected chi connectivity index (χ3v) is 1.06. The van der Waals surface area contributed by atoms with Crippen LogP contribution in [0, 0.1) is 71.5 Å². The summed E-state index contributed by atoms with van der Waals surface area (Å²) in [6, 6.07) is 0. The standard InChI is InChI=1S/C15H6O3/c1-2-3-4-5-6-7-8-9-10-11-12-15(17)18-14-13-16/h1,16H,13-14H2. The second-order valence-electron chi connectivity index (χ2n) is 2.25. The summed E-state index contributed by atoms with van der Waals surface area (Å²) < 4.78 is 4.45. The van der Waals surface area contributed by atoms with Crippen LogP contribution in [0.4, 0.5) is 0 Å². The van der Waals surface area contributed by atoms with Crippen molar-refractivity contribution in [1.29, 1.82) is 0 Å². The average molecular weight is 234 g/mol. The summed E-state index contributed by atoms with van der Waals surface area (Å²) >= 11 is 0. The molecule has 0 saturated heterocycles. The molecule has 0 radical (unpaired) electrons. The lowest BCUT2D eigenvalue weighted by Crippen LogP contribution is -2.05. The van der Waals surface area contributed by atoms with Gasteiger partial charge in [-0.2, -0.15) is 0 Å². The van der Waals surface area contributed by atoms with Crippen LogP contribution >= 0.6 is 0 Å². The van der Waals surface area contributed by atoms with Gasteiger partial charge in [0.25, 0.3) is 0 Å². The van der Waals surface area contributed by atoms with Gasteiger partial charge in [-0.15, -0.1) is 6.42 Å². The first kappa shape index (κ1) is 14.8. The number of hydrogen-bond donors (Lipinski definition) is 1. The molecule has 0 rings (SSSR count). The van der Waals surface area contributed by atoms with Gasteiger partial charge in [0.15, 0.2) is 0 Å². The molecule has 0 aliphatic heterocycles. The van der Waals surface area contributed by atoms with Gasteiger partial charge in [-0.05, 0) is 59.2 Å². The molecule has 0 aromatic heterocycles. The van der Waals surface area contributed by atoms with Crippen LogP contribution in [0.1, 0.15) is 0 Å². The van der Waals surface area contributed by atoms with E-state index in [0.717, 1.165) is 0 Å². The van der Waals surface area contributed by atoms with E-state index in [1.165, 1.54) is 0 Å². The summed E-state index contributed by atoms with van der Waals surface area (Å²) in [5, 5.41) is 8.36. The molecule has 0 aromatic carbocycles. The summed E-state index contributed by atoms with van der Waals surface area (Å²) in [5.74, 6) is 24.6. The Morgan fingerprint density at radius 3 is 1.94 bits per heavy atom. The van der Waals surface area contributed by atoms with Crippen molar-refractivity contribution in [1.82, 2.24) is 0 Å². The molecule has 18 heavy (non-hydrogen) atoms. The molecule has 3 heteroatoms. The Balaban J connectivity index is 4.18. The zero-order chi connectivity index (χ0) is 13.5. The number of rotatable bonds is 2. The molecule has 3 nitrogen and oxygen atoms in total. The molecule has 0 bridgehead atoms. The van der Waals surface area contributed by atoms with Crippen LogP contribution in [-0.4, -0.2) is 24.3 Å². The first-order valence-corrected chi connectivity index (χ1v) is 4.55. The van der Waals surface area contributed by atoms with Crippen molar-refractivity contribution in [3.05, 3.63) is 0 Å². The molecular formula is C15H6O3. The highest BCUT2D eigenvalue weighted by molar-refractivity contribution is 5.89. The van der Waals surface area contributed by atoms with Crippen molar-refractivity contribution < 1.29 is 14.6 Å². The average Bonchev–Trinajstić information content (AvgIpc) is 2.38. The van der Waals surface area contributed by atoms with Crippen LogP contribution in [-0.2, 0) is 9.53 Å². The Bertz CT molecular complexity index is 636. The van der Waals surface area contributed by atoms with Crippen LogP contribution in [0.2, 0.25) is 0 Å². The fourth-order valence-electron chi connectivity index (χ4n) is 0.512. The highest BCUT2D eigenvalue weighted by Gasteiger charge is 1.92. The summed E-state index contributed by atoms with van der Waals surface area (Å²) in [4.78, 5) is 10.8. The molecule has 0 fully saturated rings. The zero-order valence-corrected chi connectivity index (χ0v) is 9.26. The molecule has 0 aromatic rings. The van der Waals surface area contributed by atoms with Crippen molar-refractivity contribution in [2.45, 2.75) is 0 Å². The second kappa shape index (κ2) is 11.9. The normalized spacial score (nSPS) is 5.56. The van der Waals surface area contributed by atoms with E-state index < -0.39 is 5.97 Å². The van der Waals surface area contributed by atoms with Gasteiger partial charge >= 0.3 is 5.97 Å². The first-order valence-electron chi connectivity index (χ1n) is 4.55. The van der Waals surface area contributed by atoms with Gasteiger partial charge in [-0.25, -0.2) is 4.79 Å². The largest absolute Gasteiger partial charge is 0.454 e. The highest BCUT2D eigenvalue weighted by Crippen LogP contribution is 1.73. The predicted octanol–water partition coefficient (Wildman–Crippen LogP) is -0.828. The van der Waals surface area contributed by atoms with Gasteiger partial charge in [-0.1, -0.05) is 0 Å². The summed E-state index contributed by atoms with van der Waals surface area (Å²) in [5.41, 5.74) is 0. The highest BCUT2D eigenvalue weighted by atomic mass is 16.5. The lowest BCUT2D eigenvalue weighted by molar-refractivity contribution is -0.137. The Labute approximate surface area is 106 Å². The number of carbonyl (C=O) groups excluding carboxylic acids is 1. The van der Waals surface area contributed by atoms with Gasteiger partial charge < -0.3 is 9.84 Å². The number of aliphatic hydroxyl groups is 1. The Morgan fingerprint density at radius 1 is 0.944 bits per heavy atom. The van der Waals surface area contributed by atoms with Crippen LogP contribution in [0.15, 0.2) is 0 Å². The molecule has 0 unspecified atom stereocenters. The SMILES string of the molecule is C#CC#CC#CC#CC#CC#CC(=O)OCCO. The van der Waals surface area contributed by atoms with Crippen LogP contribution in [0.25, 0.3) is 0 Å². The number of hydrogen-bond acceptors (Lipinski definition) is 3. The van der Waals surface area contributed by atoms with E-state index in [4.69, 9.17) is 11.5 Å². The lowest BCUT2D eigenvalue weighted by Gasteiger charge is -1.92. The fraction of sp³-hybridized carbons (Fsp3) is 0.133. The van der Waals surface area contributed by atoms with E-state index in [1.807, 2.05) is 0 Å². The molecule has 0 heterocycles. The van der Waals surface area contributed by atoms with Gasteiger partial charge in [0.05, 0.1) is 6.61 Å². The molecule has 0 saturated carbocycles. The fourth-order valence-corrected chi connectivity index (χ4v) is 0.512. The van der Waals surface area contributed by atoms with Gasteiger partial charge in [-0.3, -0.25) is 0 Å². The van der Waals surface area contributed by atoms with Crippen molar-refractivity contribution in [3.8, 4) is 71.5 Å². The second-order valence-corrected chi connectivity index (χ2v) is 2.25. The number of terminal acetylenes is 1. The Kier molecular flexibility index (Phi) is 9.75. The minimum Gasteiger partial charge on any atom is -0.454 e. The summed E-state index contributed by atoms with van der Waals surface area (Å²) in [6.07, 6.45) is 4.86. The monoisotopic (exact) mass is 234 g/mol. The molecule has 0 spiro atoms. The number of carbonyl (C=O) groups is 1. The minimum absolute atomic E-state index is 0.0883.